The van der Waals surface area contributed by atoms with Gasteiger partial charge in [0.05, 0.1) is 0 Å². The summed E-state index contributed by atoms with van der Waals surface area (Å²) in [6, 6.07) is 15.5. The smallest absolute Gasteiger partial charge is 0.336 e. The maximum Gasteiger partial charge on any atom is 0.336 e. The molecule has 2 N–H and O–H groups in total. The van der Waals surface area contributed by atoms with Gasteiger partial charge in [0, 0.05) is 22.8 Å². The molecule has 0 radical (unpaired) electrons. The van der Waals surface area contributed by atoms with Crippen LogP contribution in [0.3, 0.4) is 0 Å². The Labute approximate surface area is 166 Å². The molecule has 0 spiro atoms. The first kappa shape index (κ1) is 18.3. The summed E-state index contributed by atoms with van der Waals surface area (Å²) in [7, 11) is 0. The molecule has 2 aromatic heterocycles. The maximum atomic E-state index is 12.0. The Morgan fingerprint density at radius 3 is 2.64 bits per heavy atom. The highest BCUT2D eigenvalue weighted by Crippen LogP contribution is 2.27. The van der Waals surface area contributed by atoms with E-state index >= 15 is 0 Å². The van der Waals surface area contributed by atoms with E-state index in [2.05, 4.69) is 23.2 Å². The number of thioether (sulfide) groups is 1. The van der Waals surface area contributed by atoms with Crippen LogP contribution in [0.5, 0.6) is 0 Å². The number of nitrogens with two attached hydrogens (primary N) is 1. The van der Waals surface area contributed by atoms with E-state index in [1.54, 1.807) is 0 Å². The van der Waals surface area contributed by atoms with Crippen molar-refractivity contribution in [2.24, 2.45) is 0 Å². The molecular weight excluding hydrogens is 372 g/mol. The third-order valence-electron chi connectivity index (χ3n) is 4.63. The van der Waals surface area contributed by atoms with Crippen LogP contribution < -0.4 is 11.5 Å². The third-order valence-corrected chi connectivity index (χ3v) is 5.63. The zero-order chi connectivity index (χ0) is 19.7. The Bertz CT molecular complexity index is 1200. The highest BCUT2D eigenvalue weighted by atomic mass is 32.2. The largest absolute Gasteiger partial charge is 0.423 e. The second-order valence-electron chi connectivity index (χ2n) is 6.61. The van der Waals surface area contributed by atoms with E-state index in [1.165, 1.54) is 28.1 Å². The van der Waals surface area contributed by atoms with Crippen molar-refractivity contribution in [1.82, 2.24) is 14.9 Å². The molecule has 0 aliphatic carbocycles. The van der Waals surface area contributed by atoms with Crippen molar-refractivity contribution in [2.75, 3.05) is 5.84 Å². The van der Waals surface area contributed by atoms with Crippen LogP contribution in [-0.2, 0) is 12.2 Å². The predicted molar refractivity (Wildman–Crippen MR) is 112 cm³/mol. The van der Waals surface area contributed by atoms with Crippen molar-refractivity contribution >= 4 is 22.7 Å². The quantitative estimate of drug-likeness (QED) is 0.315. The fourth-order valence-electron chi connectivity index (χ4n) is 3.03. The lowest BCUT2D eigenvalue weighted by Crippen LogP contribution is -2.11. The molecule has 0 aliphatic rings. The first-order valence-electron chi connectivity index (χ1n) is 9.01. The molecule has 0 unspecified atom stereocenters. The van der Waals surface area contributed by atoms with Crippen molar-refractivity contribution in [1.29, 1.82) is 0 Å². The van der Waals surface area contributed by atoms with E-state index in [0.717, 1.165) is 28.5 Å². The van der Waals surface area contributed by atoms with Crippen LogP contribution in [0, 0.1) is 6.92 Å². The highest BCUT2D eigenvalue weighted by molar-refractivity contribution is 7.98. The predicted octanol–water partition coefficient (Wildman–Crippen LogP) is 3.93. The Balaban J connectivity index is 1.62. The number of benzene rings is 2. The first-order chi connectivity index (χ1) is 13.5. The SMILES string of the molecule is CCc1ccc2c(CSc3nnc(-c4ccc(C)cc4)n3N)cc(=O)oc2c1. The van der Waals surface area contributed by atoms with Crippen LogP contribution >= 0.6 is 11.8 Å². The maximum absolute atomic E-state index is 12.0. The fraction of sp³-hybridized carbons (Fsp3) is 0.190. The second-order valence-corrected chi connectivity index (χ2v) is 7.55. The van der Waals surface area contributed by atoms with E-state index in [1.807, 2.05) is 43.3 Å². The van der Waals surface area contributed by atoms with Gasteiger partial charge in [0.15, 0.2) is 5.82 Å². The van der Waals surface area contributed by atoms with Crippen LogP contribution in [0.15, 0.2) is 62.9 Å². The standard InChI is InChI=1S/C21H20N4O2S/c1-3-14-6-9-17-16(11-19(26)27-18(17)10-14)12-28-21-24-23-20(25(21)22)15-7-4-13(2)5-8-15/h4-11H,3,12,22H2,1-2H3. The van der Waals surface area contributed by atoms with Crippen molar-refractivity contribution in [3.8, 4) is 11.4 Å². The number of hydrogen-bond donors (Lipinski definition) is 1. The van der Waals surface area contributed by atoms with Crippen LogP contribution in [0.4, 0.5) is 0 Å². The summed E-state index contributed by atoms with van der Waals surface area (Å²) in [6.45, 7) is 4.10. The van der Waals surface area contributed by atoms with Crippen molar-refractivity contribution < 1.29 is 4.42 Å². The minimum absolute atomic E-state index is 0.356. The molecule has 0 fully saturated rings. The molecule has 0 saturated carbocycles. The average Bonchev–Trinajstić information content (AvgIpc) is 3.06. The van der Waals surface area contributed by atoms with Gasteiger partial charge in [-0.3, -0.25) is 0 Å². The summed E-state index contributed by atoms with van der Waals surface area (Å²) in [5, 5.41) is 9.93. The van der Waals surface area contributed by atoms with Crippen molar-refractivity contribution in [3.05, 3.63) is 75.6 Å². The van der Waals surface area contributed by atoms with E-state index < -0.39 is 0 Å². The normalized spacial score (nSPS) is 11.2. The molecule has 142 valence electrons. The lowest BCUT2D eigenvalue weighted by atomic mass is 10.1. The molecule has 0 amide bonds. The average molecular weight is 392 g/mol. The van der Waals surface area contributed by atoms with Gasteiger partial charge in [0.25, 0.3) is 0 Å². The van der Waals surface area contributed by atoms with Gasteiger partial charge in [-0.05, 0) is 30.5 Å². The number of nitrogen functional groups attached to an aromatic ring is 1. The molecule has 4 rings (SSSR count). The van der Waals surface area contributed by atoms with E-state index in [4.69, 9.17) is 10.3 Å². The molecule has 0 aliphatic heterocycles. The van der Waals surface area contributed by atoms with Gasteiger partial charge in [0.1, 0.15) is 5.58 Å². The summed E-state index contributed by atoms with van der Waals surface area (Å²) < 4.78 is 6.85. The highest BCUT2D eigenvalue weighted by Gasteiger charge is 2.14. The van der Waals surface area contributed by atoms with E-state index in [9.17, 15) is 4.79 Å². The van der Waals surface area contributed by atoms with Gasteiger partial charge < -0.3 is 10.3 Å². The molecule has 2 heterocycles. The zero-order valence-electron chi connectivity index (χ0n) is 15.7. The lowest BCUT2D eigenvalue weighted by Gasteiger charge is -2.07. The van der Waals surface area contributed by atoms with E-state index in [-0.39, 0.29) is 5.63 Å². The topological polar surface area (TPSA) is 86.9 Å². The van der Waals surface area contributed by atoms with Crippen LogP contribution in [0.25, 0.3) is 22.4 Å². The number of nitrogens with zero attached hydrogens (tertiary/aromatic N) is 3. The molecular formula is C21H20N4O2S. The monoisotopic (exact) mass is 392 g/mol. The van der Waals surface area contributed by atoms with Crippen molar-refractivity contribution in [2.45, 2.75) is 31.2 Å². The zero-order valence-corrected chi connectivity index (χ0v) is 16.5. The molecule has 4 aromatic rings. The molecule has 7 heteroatoms. The molecule has 0 saturated heterocycles. The molecule has 28 heavy (non-hydrogen) atoms. The molecule has 0 bridgehead atoms. The number of rotatable bonds is 5. The first-order valence-corrected chi connectivity index (χ1v) is 9.99. The molecule has 0 atom stereocenters. The molecule has 2 aromatic carbocycles. The summed E-state index contributed by atoms with van der Waals surface area (Å²) in [5.41, 5.74) is 4.35. The fourth-order valence-corrected chi connectivity index (χ4v) is 3.88. The van der Waals surface area contributed by atoms with Gasteiger partial charge in [0.2, 0.25) is 5.16 Å². The third kappa shape index (κ3) is 3.53. The Kier molecular flexibility index (Phi) is 4.92. The number of aromatic nitrogens is 3. The Morgan fingerprint density at radius 2 is 1.89 bits per heavy atom. The van der Waals surface area contributed by atoms with Crippen LogP contribution in [0.1, 0.15) is 23.6 Å². The van der Waals surface area contributed by atoms with Gasteiger partial charge in [-0.1, -0.05) is 60.6 Å². The lowest BCUT2D eigenvalue weighted by molar-refractivity contribution is 0.559. The number of hydrogen-bond acceptors (Lipinski definition) is 6. The van der Waals surface area contributed by atoms with Gasteiger partial charge >= 0.3 is 5.63 Å². The number of fused-ring (bicyclic) bond motifs is 1. The van der Waals surface area contributed by atoms with Gasteiger partial charge in [-0.15, -0.1) is 10.2 Å². The van der Waals surface area contributed by atoms with Crippen LogP contribution in [-0.4, -0.2) is 14.9 Å². The Morgan fingerprint density at radius 1 is 1.11 bits per heavy atom. The Hall–Kier alpha value is -3.06. The summed E-state index contributed by atoms with van der Waals surface area (Å²) in [5.74, 6) is 7.35. The van der Waals surface area contributed by atoms with Crippen LogP contribution in [0.2, 0.25) is 0 Å². The molecule has 6 nitrogen and oxygen atoms in total. The van der Waals surface area contributed by atoms with Crippen molar-refractivity contribution in [3.63, 3.8) is 0 Å². The summed E-state index contributed by atoms with van der Waals surface area (Å²) >= 11 is 1.44. The summed E-state index contributed by atoms with van der Waals surface area (Å²) in [4.78, 5) is 12.0. The van der Waals surface area contributed by atoms with E-state index in [0.29, 0.717) is 22.3 Å². The summed E-state index contributed by atoms with van der Waals surface area (Å²) in [6.07, 6.45) is 0.886. The minimum Gasteiger partial charge on any atom is -0.423 e. The number of aryl methyl sites for hydroxylation is 2. The van der Waals surface area contributed by atoms with Gasteiger partial charge in [-0.2, -0.15) is 0 Å². The van der Waals surface area contributed by atoms with Gasteiger partial charge in [-0.25, -0.2) is 9.47 Å². The second kappa shape index (κ2) is 7.52. The minimum atomic E-state index is -0.356.